The Morgan fingerprint density at radius 2 is 1.35 bits per heavy atom. The summed E-state index contributed by atoms with van der Waals surface area (Å²) in [5.74, 6) is 1.42. The standard InChI is InChI=1S/C11H11.C4H9.2ClH.H2N.Si.Ti/c1-8-7-10-5-3-4-6-11(10)9(8)2;1-4(2)3;;;;;/h3-7H,1-2H3;1-3H3;2*1H;1H2;;/q2*-1;;;-1;;+3/p-2. The summed E-state index contributed by atoms with van der Waals surface area (Å²) in [4.78, 5) is 0. The predicted octanol–water partition coefficient (Wildman–Crippen LogP) is -0.862. The first-order valence-electron chi connectivity index (χ1n) is 5.40. The molecule has 0 bridgehead atoms. The van der Waals surface area contributed by atoms with E-state index in [0.29, 0.717) is 0 Å². The van der Waals surface area contributed by atoms with Crippen molar-refractivity contribution in [3.8, 4) is 0 Å². The third-order valence-corrected chi connectivity index (χ3v) is 2.33. The maximum atomic E-state index is 2.24. The number of hydrogen-bond acceptors (Lipinski definition) is 0. The number of aryl methyl sites for hydroxylation is 2. The zero-order chi connectivity index (χ0) is 11.4. The van der Waals surface area contributed by atoms with Crippen molar-refractivity contribution in [3.05, 3.63) is 53.5 Å². The molecule has 0 aliphatic rings. The SMILES string of the molecule is C[C-](C)C.Cc1[cH-]c2ccccc2c1C.[Cl-].[Cl-].[NH2-].[Si].[Ti+3]. The summed E-state index contributed by atoms with van der Waals surface area (Å²) >= 11 is 0. The molecule has 2 N–H and O–H groups in total. The van der Waals surface area contributed by atoms with Crippen molar-refractivity contribution in [2.75, 3.05) is 0 Å². The predicted molar refractivity (Wildman–Crippen MR) is 80.3 cm³/mol. The van der Waals surface area contributed by atoms with Crippen molar-refractivity contribution in [2.24, 2.45) is 0 Å². The molecule has 111 valence electrons. The van der Waals surface area contributed by atoms with Gasteiger partial charge in [0.15, 0.2) is 0 Å². The Hall–Kier alpha value is 0.301. The van der Waals surface area contributed by atoms with Gasteiger partial charge in [-0.2, -0.15) is 26.3 Å². The molecule has 0 fully saturated rings. The summed E-state index contributed by atoms with van der Waals surface area (Å²) in [6.45, 7) is 10.6. The Labute approximate surface area is 156 Å². The molecule has 0 aliphatic carbocycles. The number of rotatable bonds is 0. The van der Waals surface area contributed by atoms with Crippen LogP contribution >= 0.6 is 0 Å². The van der Waals surface area contributed by atoms with Crippen LogP contribution in [0.5, 0.6) is 0 Å². The Kier molecular flexibility index (Phi) is 25.3. The van der Waals surface area contributed by atoms with Gasteiger partial charge in [0.25, 0.3) is 0 Å². The number of benzene rings is 1. The molecule has 0 spiro atoms. The summed E-state index contributed by atoms with van der Waals surface area (Å²) in [6.07, 6.45) is 0. The van der Waals surface area contributed by atoms with Gasteiger partial charge < -0.3 is 36.9 Å². The van der Waals surface area contributed by atoms with E-state index in [-0.39, 0.29) is 63.6 Å². The molecule has 5 heteroatoms. The molecule has 1 nitrogen and oxygen atoms in total. The molecule has 0 heterocycles. The molecule has 2 aromatic rings. The smallest absolute Gasteiger partial charge is 1.00 e. The van der Waals surface area contributed by atoms with Gasteiger partial charge in [-0.15, -0.1) is 40.6 Å². The molecule has 0 aliphatic heterocycles. The Bertz CT molecular complexity index is 442. The van der Waals surface area contributed by atoms with Crippen LogP contribution in [0, 0.1) is 19.8 Å². The monoisotopic (exact) mass is 362 g/mol. The van der Waals surface area contributed by atoms with E-state index in [9.17, 15) is 0 Å². The number of nitrogens with two attached hydrogens (primary N) is 1. The van der Waals surface area contributed by atoms with Crippen molar-refractivity contribution in [3.63, 3.8) is 0 Å². The van der Waals surface area contributed by atoms with Gasteiger partial charge in [0.05, 0.1) is 0 Å². The van der Waals surface area contributed by atoms with Gasteiger partial charge in [0.1, 0.15) is 0 Å². The normalized spacial score (nSPS) is 7.70. The first-order chi connectivity index (χ1) is 7.02. The van der Waals surface area contributed by atoms with E-state index >= 15 is 0 Å². The molecular weight excluding hydrogens is 341 g/mol. The molecule has 0 saturated carbocycles. The third-order valence-electron chi connectivity index (χ3n) is 2.33. The Balaban J connectivity index is -0.0000000760. The van der Waals surface area contributed by atoms with Gasteiger partial charge >= 0.3 is 21.7 Å². The third kappa shape index (κ3) is 10.1. The molecule has 0 saturated heterocycles. The van der Waals surface area contributed by atoms with Crippen LogP contribution in [0.2, 0.25) is 0 Å². The van der Waals surface area contributed by atoms with Gasteiger partial charge in [-0.1, -0.05) is 19.9 Å². The molecule has 2 rings (SSSR count). The average Bonchev–Trinajstić information content (AvgIpc) is 2.43. The van der Waals surface area contributed by atoms with Gasteiger partial charge in [-0.3, -0.25) is 0 Å². The van der Waals surface area contributed by atoms with Crippen LogP contribution in [0.3, 0.4) is 0 Å². The average molecular weight is 363 g/mol. The van der Waals surface area contributed by atoms with Crippen molar-refractivity contribution < 1.29 is 46.5 Å². The fourth-order valence-corrected chi connectivity index (χ4v) is 1.52. The summed E-state index contributed by atoms with van der Waals surface area (Å²) in [6, 6.07) is 10.8. The Morgan fingerprint density at radius 3 is 1.75 bits per heavy atom. The summed E-state index contributed by atoms with van der Waals surface area (Å²) in [7, 11) is 0. The van der Waals surface area contributed by atoms with Gasteiger partial charge in [-0.25, -0.2) is 0 Å². The molecule has 20 heavy (non-hydrogen) atoms. The molecule has 2 aromatic carbocycles. The fourth-order valence-electron chi connectivity index (χ4n) is 1.52. The first-order valence-corrected chi connectivity index (χ1v) is 5.40. The molecule has 0 atom stereocenters. The van der Waals surface area contributed by atoms with E-state index in [2.05, 4.69) is 65.0 Å². The zero-order valence-electron chi connectivity index (χ0n) is 12.7. The molecule has 5 radical (unpaired) electrons. The Morgan fingerprint density at radius 1 is 0.950 bits per heavy atom. The van der Waals surface area contributed by atoms with E-state index < -0.39 is 0 Å². The maximum absolute atomic E-state index is 2.24. The van der Waals surface area contributed by atoms with Crippen molar-refractivity contribution in [2.45, 2.75) is 34.6 Å². The molecule has 0 unspecified atom stereocenters. The molecular formula is C15H22Cl2NSiTi-2. The second-order valence-corrected chi connectivity index (χ2v) is 4.54. The second kappa shape index (κ2) is 15.7. The van der Waals surface area contributed by atoms with Crippen LogP contribution in [0.4, 0.5) is 0 Å². The van der Waals surface area contributed by atoms with E-state index in [0.717, 1.165) is 0 Å². The summed E-state index contributed by atoms with van der Waals surface area (Å²) < 4.78 is 0. The summed E-state index contributed by atoms with van der Waals surface area (Å²) in [5, 5.41) is 2.76. The summed E-state index contributed by atoms with van der Waals surface area (Å²) in [5.41, 5.74) is 2.81. The first kappa shape index (κ1) is 32.3. The zero-order valence-corrected chi connectivity index (χ0v) is 16.8. The van der Waals surface area contributed by atoms with Crippen molar-refractivity contribution in [1.82, 2.24) is 0 Å². The van der Waals surface area contributed by atoms with Crippen LogP contribution in [0.15, 0.2) is 30.3 Å². The second-order valence-electron chi connectivity index (χ2n) is 4.54. The largest absolute Gasteiger partial charge is 3.00 e. The number of fused-ring (bicyclic) bond motifs is 1. The van der Waals surface area contributed by atoms with Gasteiger partial charge in [0.2, 0.25) is 0 Å². The van der Waals surface area contributed by atoms with Crippen molar-refractivity contribution >= 4 is 21.7 Å². The molecule has 0 aromatic heterocycles. The minimum absolute atomic E-state index is 0. The van der Waals surface area contributed by atoms with Gasteiger partial charge in [-0.05, 0) is 0 Å². The van der Waals surface area contributed by atoms with E-state index in [1.165, 1.54) is 27.8 Å². The van der Waals surface area contributed by atoms with E-state index in [4.69, 9.17) is 0 Å². The minimum atomic E-state index is 0. The maximum Gasteiger partial charge on any atom is 3.00 e. The topological polar surface area (TPSA) is 33.5 Å². The quantitative estimate of drug-likeness (QED) is 0.431. The molecule has 0 amide bonds. The van der Waals surface area contributed by atoms with Crippen LogP contribution in [0.25, 0.3) is 16.9 Å². The van der Waals surface area contributed by atoms with E-state index in [1.54, 1.807) is 0 Å². The van der Waals surface area contributed by atoms with Gasteiger partial charge in [0, 0.05) is 11.0 Å². The number of hydrogen-bond donors (Lipinski definition) is 0. The number of halogens is 2. The van der Waals surface area contributed by atoms with Crippen LogP contribution < -0.4 is 24.8 Å². The van der Waals surface area contributed by atoms with Crippen LogP contribution in [-0.2, 0) is 21.7 Å². The van der Waals surface area contributed by atoms with Crippen molar-refractivity contribution in [1.29, 1.82) is 0 Å². The van der Waals surface area contributed by atoms with Crippen LogP contribution in [0.1, 0.15) is 31.9 Å². The van der Waals surface area contributed by atoms with Crippen LogP contribution in [-0.4, -0.2) is 11.0 Å². The minimum Gasteiger partial charge on any atom is -1.00 e. The van der Waals surface area contributed by atoms with E-state index in [1.807, 2.05) is 0 Å². The fraction of sp³-hybridized carbons (Fsp3) is 0.333.